The van der Waals surface area contributed by atoms with Crippen molar-refractivity contribution in [2.24, 2.45) is 0 Å². The molecule has 1 amide bonds. The van der Waals surface area contributed by atoms with Crippen LogP contribution >= 0.6 is 0 Å². The van der Waals surface area contributed by atoms with Gasteiger partial charge in [0.15, 0.2) is 11.6 Å². The predicted molar refractivity (Wildman–Crippen MR) is 118 cm³/mol. The number of fused-ring (bicyclic) bond motifs is 2. The van der Waals surface area contributed by atoms with E-state index in [2.05, 4.69) is 20.1 Å². The molecule has 5 rings (SSSR count). The third kappa shape index (κ3) is 3.56. The highest BCUT2D eigenvalue weighted by molar-refractivity contribution is 6.06. The minimum Gasteiger partial charge on any atom is -0.497 e. The Morgan fingerprint density at radius 2 is 1.94 bits per heavy atom. The fourth-order valence-corrected chi connectivity index (χ4v) is 4.13. The summed E-state index contributed by atoms with van der Waals surface area (Å²) in [7, 11) is 1.62. The number of benzene rings is 2. The molecule has 0 aliphatic carbocycles. The molecule has 0 saturated carbocycles. The van der Waals surface area contributed by atoms with Crippen LogP contribution in [0.5, 0.6) is 5.75 Å². The van der Waals surface area contributed by atoms with E-state index in [0.29, 0.717) is 17.0 Å². The van der Waals surface area contributed by atoms with Gasteiger partial charge >= 0.3 is 0 Å². The van der Waals surface area contributed by atoms with Crippen molar-refractivity contribution in [2.75, 3.05) is 12.4 Å². The number of furan rings is 1. The molecule has 4 aromatic rings. The largest absolute Gasteiger partial charge is 0.497 e. The van der Waals surface area contributed by atoms with Crippen molar-refractivity contribution in [2.45, 2.75) is 39.2 Å². The molecule has 1 N–H and O–H groups in total. The SMILES string of the molecule is COc1ccc2oc(C(=O)Nc3ccc(-c4nnc5n4CCCCC5)cc3)c(C)c2c1. The zero-order chi connectivity index (χ0) is 21.4. The van der Waals surface area contributed by atoms with E-state index in [1.54, 1.807) is 7.11 Å². The highest BCUT2D eigenvalue weighted by Crippen LogP contribution is 2.30. The van der Waals surface area contributed by atoms with E-state index in [-0.39, 0.29) is 5.91 Å². The number of anilines is 1. The van der Waals surface area contributed by atoms with Gasteiger partial charge in [0, 0.05) is 35.2 Å². The normalized spacial score (nSPS) is 13.6. The van der Waals surface area contributed by atoms with Crippen LogP contribution in [0.25, 0.3) is 22.4 Å². The van der Waals surface area contributed by atoms with Crippen molar-refractivity contribution in [3.8, 4) is 17.1 Å². The maximum Gasteiger partial charge on any atom is 0.291 e. The Bertz CT molecular complexity index is 1250. The van der Waals surface area contributed by atoms with Crippen molar-refractivity contribution >= 4 is 22.6 Å². The molecule has 3 heterocycles. The third-order valence-electron chi connectivity index (χ3n) is 5.86. The second-order valence-corrected chi connectivity index (χ2v) is 7.85. The molecule has 0 saturated heterocycles. The summed E-state index contributed by atoms with van der Waals surface area (Å²) in [5.74, 6) is 2.69. The lowest BCUT2D eigenvalue weighted by molar-refractivity contribution is 0.0998. The average Bonchev–Trinajstić information content (AvgIpc) is 3.25. The zero-order valence-electron chi connectivity index (χ0n) is 17.6. The van der Waals surface area contributed by atoms with Crippen molar-refractivity contribution in [3.05, 3.63) is 59.6 Å². The van der Waals surface area contributed by atoms with Crippen LogP contribution in [0.4, 0.5) is 5.69 Å². The van der Waals surface area contributed by atoms with E-state index in [4.69, 9.17) is 9.15 Å². The Morgan fingerprint density at radius 3 is 2.74 bits per heavy atom. The highest BCUT2D eigenvalue weighted by atomic mass is 16.5. The summed E-state index contributed by atoms with van der Waals surface area (Å²) in [6, 6.07) is 13.2. The Morgan fingerprint density at radius 1 is 1.10 bits per heavy atom. The number of hydrogen-bond donors (Lipinski definition) is 1. The van der Waals surface area contributed by atoms with E-state index in [1.165, 1.54) is 6.42 Å². The van der Waals surface area contributed by atoms with Gasteiger partial charge in [-0.25, -0.2) is 0 Å². The number of nitrogens with one attached hydrogen (secondary N) is 1. The second-order valence-electron chi connectivity index (χ2n) is 7.85. The van der Waals surface area contributed by atoms with Gasteiger partial charge in [-0.15, -0.1) is 10.2 Å². The number of nitrogens with zero attached hydrogens (tertiary/aromatic N) is 3. The van der Waals surface area contributed by atoms with Crippen molar-refractivity contribution in [1.82, 2.24) is 14.8 Å². The molecule has 7 heteroatoms. The molecule has 7 nitrogen and oxygen atoms in total. The van der Waals surface area contributed by atoms with Crippen LogP contribution in [0.15, 0.2) is 46.9 Å². The van der Waals surface area contributed by atoms with Crippen molar-refractivity contribution in [3.63, 3.8) is 0 Å². The fraction of sp³-hybridized carbons (Fsp3) is 0.292. The lowest BCUT2D eigenvalue weighted by atomic mass is 10.1. The average molecular weight is 416 g/mol. The summed E-state index contributed by atoms with van der Waals surface area (Å²) in [6.45, 7) is 2.83. The molecule has 1 aliphatic heterocycles. The Hall–Kier alpha value is -3.61. The molecular formula is C24H24N4O3. The molecule has 0 spiro atoms. The van der Waals surface area contributed by atoms with E-state index in [1.807, 2.05) is 49.4 Å². The van der Waals surface area contributed by atoms with Gasteiger partial charge in [-0.2, -0.15) is 0 Å². The number of aromatic nitrogens is 3. The minimum absolute atomic E-state index is 0.281. The summed E-state index contributed by atoms with van der Waals surface area (Å²) in [5.41, 5.74) is 3.13. The van der Waals surface area contributed by atoms with Crippen LogP contribution in [0, 0.1) is 6.92 Å². The molecule has 0 unspecified atom stereocenters. The van der Waals surface area contributed by atoms with E-state index in [0.717, 1.165) is 59.7 Å². The molecule has 31 heavy (non-hydrogen) atoms. The monoisotopic (exact) mass is 416 g/mol. The minimum atomic E-state index is -0.281. The Kier molecular flexibility index (Phi) is 4.94. The maximum absolute atomic E-state index is 12.8. The highest BCUT2D eigenvalue weighted by Gasteiger charge is 2.19. The topological polar surface area (TPSA) is 82.2 Å². The summed E-state index contributed by atoms with van der Waals surface area (Å²) < 4.78 is 13.3. The molecular weight excluding hydrogens is 392 g/mol. The lowest BCUT2D eigenvalue weighted by Gasteiger charge is -2.08. The Balaban J connectivity index is 1.37. The molecule has 0 bridgehead atoms. The quantitative estimate of drug-likeness (QED) is 0.507. The molecule has 158 valence electrons. The molecule has 0 atom stereocenters. The van der Waals surface area contributed by atoms with E-state index >= 15 is 0 Å². The number of aryl methyl sites for hydroxylation is 2. The summed E-state index contributed by atoms with van der Waals surface area (Å²) in [4.78, 5) is 12.8. The van der Waals surface area contributed by atoms with Crippen LogP contribution in [0.3, 0.4) is 0 Å². The number of carbonyl (C=O) groups excluding carboxylic acids is 1. The van der Waals surface area contributed by atoms with E-state index in [9.17, 15) is 4.79 Å². The lowest BCUT2D eigenvalue weighted by Crippen LogP contribution is -2.12. The van der Waals surface area contributed by atoms with Gasteiger partial charge in [0.25, 0.3) is 5.91 Å². The molecule has 2 aromatic carbocycles. The molecule has 0 radical (unpaired) electrons. The van der Waals surface area contributed by atoms with Gasteiger partial charge in [-0.3, -0.25) is 4.79 Å². The smallest absolute Gasteiger partial charge is 0.291 e. The third-order valence-corrected chi connectivity index (χ3v) is 5.86. The molecule has 2 aromatic heterocycles. The second kappa shape index (κ2) is 7.91. The number of rotatable bonds is 4. The maximum atomic E-state index is 12.8. The molecule has 1 aliphatic rings. The summed E-state index contributed by atoms with van der Waals surface area (Å²) in [6.07, 6.45) is 4.51. The van der Waals surface area contributed by atoms with Crippen molar-refractivity contribution < 1.29 is 13.9 Å². The number of amides is 1. The number of ether oxygens (including phenoxy) is 1. The van der Waals surface area contributed by atoms with Gasteiger partial charge in [0.2, 0.25) is 0 Å². The van der Waals surface area contributed by atoms with Gasteiger partial charge in [-0.05, 0) is 62.2 Å². The zero-order valence-corrected chi connectivity index (χ0v) is 17.6. The first-order valence-electron chi connectivity index (χ1n) is 10.5. The van der Waals surface area contributed by atoms with Crippen molar-refractivity contribution in [1.29, 1.82) is 0 Å². The van der Waals surface area contributed by atoms with Crippen LogP contribution in [0.1, 0.15) is 41.2 Å². The predicted octanol–water partition coefficient (Wildman–Crippen LogP) is 4.99. The molecule has 0 fully saturated rings. The summed E-state index contributed by atoms with van der Waals surface area (Å²) >= 11 is 0. The van der Waals surface area contributed by atoms with Gasteiger partial charge in [0.05, 0.1) is 7.11 Å². The first kappa shape index (κ1) is 19.4. The van der Waals surface area contributed by atoms with Crippen LogP contribution in [-0.4, -0.2) is 27.8 Å². The van der Waals surface area contributed by atoms with Gasteiger partial charge in [-0.1, -0.05) is 6.42 Å². The number of carbonyl (C=O) groups is 1. The van der Waals surface area contributed by atoms with Crippen LogP contribution < -0.4 is 10.1 Å². The number of hydrogen-bond acceptors (Lipinski definition) is 5. The Labute approximate surface area is 180 Å². The standard InChI is InChI=1S/C24H24N4O3/c1-15-19-14-18(30-2)11-12-20(19)31-22(15)24(29)25-17-9-7-16(8-10-17)23-27-26-21-6-4-3-5-13-28(21)23/h7-12,14H,3-6,13H2,1-2H3,(H,25,29). The fourth-order valence-electron chi connectivity index (χ4n) is 4.13. The number of methoxy groups -OCH3 is 1. The van der Waals surface area contributed by atoms with E-state index < -0.39 is 0 Å². The summed E-state index contributed by atoms with van der Waals surface area (Å²) in [5, 5.41) is 12.6. The van der Waals surface area contributed by atoms with Crippen LogP contribution in [-0.2, 0) is 13.0 Å². The first-order chi connectivity index (χ1) is 15.1. The van der Waals surface area contributed by atoms with Gasteiger partial charge in [0.1, 0.15) is 17.2 Å². The first-order valence-corrected chi connectivity index (χ1v) is 10.5. The van der Waals surface area contributed by atoms with Gasteiger partial charge < -0.3 is 19.0 Å². The van der Waals surface area contributed by atoms with Crippen LogP contribution in [0.2, 0.25) is 0 Å².